The molecule has 0 saturated carbocycles. The number of hydrogen-bond acceptors (Lipinski definition) is 5. The molecule has 0 spiro atoms. The van der Waals surface area contributed by atoms with Crippen molar-refractivity contribution in [3.63, 3.8) is 0 Å². The predicted octanol–water partition coefficient (Wildman–Crippen LogP) is 1.77. The van der Waals surface area contributed by atoms with E-state index in [4.69, 9.17) is 4.74 Å². The topological polar surface area (TPSA) is 92.8 Å². The highest BCUT2D eigenvalue weighted by molar-refractivity contribution is 6.22. The number of carbonyl (C=O) groups excluding carboxylic acids is 4. The maximum absolute atomic E-state index is 12.6. The van der Waals surface area contributed by atoms with E-state index in [9.17, 15) is 19.2 Å². The standard InChI is InChI=1S/C19H24N2O5/c1-4-9-20-16(22)11-26-19(25)15(10-12(2)3)21-17(23)13-7-5-6-8-14(13)18(21)24/h5-8,12,15H,4,9-11H2,1-3H3,(H,20,22)/t15-/m1/s1. The fourth-order valence-electron chi connectivity index (χ4n) is 2.79. The van der Waals surface area contributed by atoms with Gasteiger partial charge in [-0.2, -0.15) is 0 Å². The van der Waals surface area contributed by atoms with E-state index < -0.39 is 36.3 Å². The van der Waals surface area contributed by atoms with Gasteiger partial charge in [0.25, 0.3) is 17.7 Å². The number of rotatable bonds is 8. The third kappa shape index (κ3) is 4.28. The maximum atomic E-state index is 12.6. The lowest BCUT2D eigenvalue weighted by Crippen LogP contribution is -2.47. The summed E-state index contributed by atoms with van der Waals surface area (Å²) in [5.41, 5.74) is 0.555. The van der Waals surface area contributed by atoms with Crippen molar-refractivity contribution in [3.05, 3.63) is 35.4 Å². The van der Waals surface area contributed by atoms with Crippen molar-refractivity contribution in [2.24, 2.45) is 5.92 Å². The van der Waals surface area contributed by atoms with Crippen molar-refractivity contribution >= 4 is 23.7 Å². The number of fused-ring (bicyclic) bond motifs is 1. The van der Waals surface area contributed by atoms with Gasteiger partial charge in [-0.05, 0) is 30.9 Å². The van der Waals surface area contributed by atoms with Gasteiger partial charge < -0.3 is 10.1 Å². The first-order chi connectivity index (χ1) is 12.4. The summed E-state index contributed by atoms with van der Waals surface area (Å²) in [5.74, 6) is -2.14. The average molecular weight is 360 g/mol. The van der Waals surface area contributed by atoms with Gasteiger partial charge in [0.05, 0.1) is 11.1 Å². The summed E-state index contributed by atoms with van der Waals surface area (Å²) >= 11 is 0. The van der Waals surface area contributed by atoms with Gasteiger partial charge in [0.15, 0.2) is 6.61 Å². The molecule has 7 heteroatoms. The largest absolute Gasteiger partial charge is 0.454 e. The molecule has 1 aromatic rings. The molecular weight excluding hydrogens is 336 g/mol. The van der Waals surface area contributed by atoms with Gasteiger partial charge in [0.2, 0.25) is 0 Å². The zero-order valence-electron chi connectivity index (χ0n) is 15.3. The van der Waals surface area contributed by atoms with Crippen LogP contribution in [0.25, 0.3) is 0 Å². The highest BCUT2D eigenvalue weighted by Crippen LogP contribution is 2.27. The van der Waals surface area contributed by atoms with Crippen LogP contribution in [0.2, 0.25) is 0 Å². The highest BCUT2D eigenvalue weighted by Gasteiger charge is 2.43. The molecule has 26 heavy (non-hydrogen) atoms. The zero-order chi connectivity index (χ0) is 19.3. The third-order valence-corrected chi connectivity index (χ3v) is 4.02. The van der Waals surface area contributed by atoms with E-state index >= 15 is 0 Å². The van der Waals surface area contributed by atoms with Crippen molar-refractivity contribution in [1.29, 1.82) is 0 Å². The summed E-state index contributed by atoms with van der Waals surface area (Å²) in [6, 6.07) is 5.40. The molecule has 0 bridgehead atoms. The van der Waals surface area contributed by atoms with Gasteiger partial charge in [-0.3, -0.25) is 19.3 Å². The molecule has 1 N–H and O–H groups in total. The molecule has 0 fully saturated rings. The molecule has 0 unspecified atom stereocenters. The fraction of sp³-hybridized carbons (Fsp3) is 0.474. The Balaban J connectivity index is 2.15. The fourth-order valence-corrected chi connectivity index (χ4v) is 2.79. The van der Waals surface area contributed by atoms with E-state index in [0.29, 0.717) is 6.54 Å². The molecule has 0 radical (unpaired) electrons. The van der Waals surface area contributed by atoms with Crippen LogP contribution in [0.4, 0.5) is 0 Å². The Hall–Kier alpha value is -2.70. The number of nitrogens with one attached hydrogen (secondary N) is 1. The Morgan fingerprint density at radius 2 is 1.69 bits per heavy atom. The summed E-state index contributed by atoms with van der Waals surface area (Å²) in [6.07, 6.45) is 1.03. The highest BCUT2D eigenvalue weighted by atomic mass is 16.5. The summed E-state index contributed by atoms with van der Waals surface area (Å²) in [6.45, 7) is 5.73. The zero-order valence-corrected chi connectivity index (χ0v) is 15.3. The second kappa shape index (κ2) is 8.60. The van der Waals surface area contributed by atoms with Crippen LogP contribution in [0.5, 0.6) is 0 Å². The lowest BCUT2D eigenvalue weighted by atomic mass is 10.0. The van der Waals surface area contributed by atoms with Gasteiger partial charge in [-0.15, -0.1) is 0 Å². The number of nitrogens with zero attached hydrogens (tertiary/aromatic N) is 1. The number of esters is 1. The quantitative estimate of drug-likeness (QED) is 0.563. The van der Waals surface area contributed by atoms with Crippen molar-refractivity contribution in [2.45, 2.75) is 39.7 Å². The smallest absolute Gasteiger partial charge is 0.329 e. The van der Waals surface area contributed by atoms with Crippen molar-refractivity contribution in [1.82, 2.24) is 10.2 Å². The van der Waals surface area contributed by atoms with Crippen LogP contribution in [-0.4, -0.2) is 47.8 Å². The molecule has 1 aliphatic heterocycles. The third-order valence-electron chi connectivity index (χ3n) is 4.02. The summed E-state index contributed by atoms with van der Waals surface area (Å²) in [7, 11) is 0. The van der Waals surface area contributed by atoms with Crippen LogP contribution < -0.4 is 5.32 Å². The first kappa shape index (κ1) is 19.6. The number of ether oxygens (including phenoxy) is 1. The van der Waals surface area contributed by atoms with Crippen molar-refractivity contribution in [3.8, 4) is 0 Å². The SMILES string of the molecule is CCCNC(=O)COC(=O)[C@@H](CC(C)C)N1C(=O)c2ccccc2C1=O. The Bertz CT molecular complexity index is 679. The molecule has 2 rings (SSSR count). The number of benzene rings is 1. The lowest BCUT2D eigenvalue weighted by Gasteiger charge is -2.25. The van der Waals surface area contributed by atoms with E-state index in [1.807, 2.05) is 20.8 Å². The summed E-state index contributed by atoms with van der Waals surface area (Å²) < 4.78 is 5.07. The first-order valence-corrected chi connectivity index (χ1v) is 8.77. The Morgan fingerprint density at radius 3 is 2.19 bits per heavy atom. The minimum Gasteiger partial charge on any atom is -0.454 e. The predicted molar refractivity (Wildman–Crippen MR) is 94.4 cm³/mol. The molecule has 0 saturated heterocycles. The molecule has 140 valence electrons. The number of amides is 3. The van der Waals surface area contributed by atoms with Crippen LogP contribution in [0.3, 0.4) is 0 Å². The van der Waals surface area contributed by atoms with Crippen LogP contribution in [-0.2, 0) is 14.3 Å². The van der Waals surface area contributed by atoms with Crippen LogP contribution in [0, 0.1) is 5.92 Å². The molecule has 0 aliphatic carbocycles. The first-order valence-electron chi connectivity index (χ1n) is 8.77. The van der Waals surface area contributed by atoms with E-state index in [0.717, 1.165) is 11.3 Å². The molecule has 7 nitrogen and oxygen atoms in total. The van der Waals surface area contributed by atoms with Gasteiger partial charge in [0.1, 0.15) is 6.04 Å². The van der Waals surface area contributed by atoms with Crippen LogP contribution in [0.15, 0.2) is 24.3 Å². The average Bonchev–Trinajstić information content (AvgIpc) is 2.87. The van der Waals surface area contributed by atoms with Crippen molar-refractivity contribution < 1.29 is 23.9 Å². The minimum atomic E-state index is -1.05. The minimum absolute atomic E-state index is 0.0470. The Labute approximate surface area is 152 Å². The molecule has 1 atom stereocenters. The normalized spacial score (nSPS) is 14.4. The number of imide groups is 1. The number of hydrogen-bond donors (Lipinski definition) is 1. The van der Waals surface area contributed by atoms with E-state index in [1.54, 1.807) is 24.3 Å². The molecule has 0 aromatic heterocycles. The molecular formula is C19H24N2O5. The molecule has 3 amide bonds. The van der Waals surface area contributed by atoms with E-state index in [-0.39, 0.29) is 23.5 Å². The lowest BCUT2D eigenvalue weighted by molar-refractivity contribution is -0.152. The summed E-state index contributed by atoms with van der Waals surface area (Å²) in [5, 5.41) is 2.61. The second-order valence-corrected chi connectivity index (χ2v) is 6.63. The van der Waals surface area contributed by atoms with E-state index in [1.165, 1.54) is 0 Å². The van der Waals surface area contributed by atoms with Crippen LogP contribution in [0.1, 0.15) is 54.3 Å². The van der Waals surface area contributed by atoms with Gasteiger partial charge in [-0.1, -0.05) is 32.9 Å². The summed E-state index contributed by atoms with van der Waals surface area (Å²) in [4.78, 5) is 50.4. The number of carbonyl (C=O) groups is 4. The van der Waals surface area contributed by atoms with Gasteiger partial charge in [-0.25, -0.2) is 4.79 Å². The maximum Gasteiger partial charge on any atom is 0.329 e. The molecule has 1 aliphatic rings. The van der Waals surface area contributed by atoms with Gasteiger partial charge >= 0.3 is 5.97 Å². The monoisotopic (exact) mass is 360 g/mol. The van der Waals surface area contributed by atoms with Gasteiger partial charge in [0, 0.05) is 6.54 Å². The molecule has 1 heterocycles. The Morgan fingerprint density at radius 1 is 1.12 bits per heavy atom. The van der Waals surface area contributed by atoms with E-state index in [2.05, 4.69) is 5.32 Å². The Kier molecular flexibility index (Phi) is 6.49. The van der Waals surface area contributed by atoms with Crippen molar-refractivity contribution in [2.75, 3.05) is 13.2 Å². The second-order valence-electron chi connectivity index (χ2n) is 6.63. The van der Waals surface area contributed by atoms with Crippen LogP contribution >= 0.6 is 0 Å². The molecule has 1 aromatic carbocycles.